The second kappa shape index (κ2) is 6.23. The number of hydrogen-bond acceptors (Lipinski definition) is 2. The molecule has 1 N–H and O–H groups in total. The number of piperidine rings is 1. The van der Waals surface area contributed by atoms with Gasteiger partial charge in [0, 0.05) is 12.5 Å². The summed E-state index contributed by atoms with van der Waals surface area (Å²) in [6.45, 7) is 2.04. The summed E-state index contributed by atoms with van der Waals surface area (Å²) in [5.74, 6) is -0.378. The molecule has 1 aliphatic heterocycles. The Morgan fingerprint density at radius 1 is 1.35 bits per heavy atom. The quantitative estimate of drug-likeness (QED) is 0.829. The van der Waals surface area contributed by atoms with E-state index in [0.29, 0.717) is 32.4 Å². The van der Waals surface area contributed by atoms with Crippen LogP contribution in [0.3, 0.4) is 0 Å². The Balaban J connectivity index is 2.66. The molecular formula is C11H19F3N2O. The van der Waals surface area contributed by atoms with Gasteiger partial charge in [0.25, 0.3) is 0 Å². The Morgan fingerprint density at radius 2 is 1.94 bits per heavy atom. The Hall–Kier alpha value is -0.780. The first-order valence-corrected chi connectivity index (χ1v) is 6.01. The molecule has 0 aromatic rings. The third kappa shape index (κ3) is 4.93. The molecule has 0 bridgehead atoms. The average molecular weight is 252 g/mol. The Bertz CT molecular complexity index is 250. The van der Waals surface area contributed by atoms with Crippen LogP contribution >= 0.6 is 0 Å². The number of halogens is 3. The molecular weight excluding hydrogens is 233 g/mol. The standard InChI is InChI=1S/C11H19F3N2O/c1-2-3-10(17)16(8-11(12,13)14)9-4-6-15-7-5-9/h9,15H,2-8H2,1H3. The van der Waals surface area contributed by atoms with Gasteiger partial charge in [-0.15, -0.1) is 0 Å². The first-order valence-electron chi connectivity index (χ1n) is 6.01. The number of hydrogen-bond donors (Lipinski definition) is 1. The fourth-order valence-corrected chi connectivity index (χ4v) is 2.09. The Labute approximate surface area is 99.4 Å². The van der Waals surface area contributed by atoms with Crippen molar-refractivity contribution in [3.63, 3.8) is 0 Å². The highest BCUT2D eigenvalue weighted by Crippen LogP contribution is 2.22. The molecule has 1 amide bonds. The minimum absolute atomic E-state index is 0.194. The van der Waals surface area contributed by atoms with Crippen molar-refractivity contribution in [2.24, 2.45) is 0 Å². The normalized spacial score (nSPS) is 18.1. The second-order valence-electron chi connectivity index (χ2n) is 4.37. The molecule has 17 heavy (non-hydrogen) atoms. The third-order valence-corrected chi connectivity index (χ3v) is 2.88. The maximum Gasteiger partial charge on any atom is 0.406 e. The molecule has 6 heteroatoms. The predicted molar refractivity (Wildman–Crippen MR) is 58.6 cm³/mol. The fraction of sp³-hybridized carbons (Fsp3) is 0.909. The summed E-state index contributed by atoms with van der Waals surface area (Å²) < 4.78 is 37.4. The highest BCUT2D eigenvalue weighted by Gasteiger charge is 2.36. The molecule has 100 valence electrons. The van der Waals surface area contributed by atoms with Crippen LogP contribution in [0.2, 0.25) is 0 Å². The lowest BCUT2D eigenvalue weighted by molar-refractivity contribution is -0.166. The average Bonchev–Trinajstić information content (AvgIpc) is 2.26. The largest absolute Gasteiger partial charge is 0.406 e. The number of nitrogens with zero attached hydrogens (tertiary/aromatic N) is 1. The molecule has 0 aliphatic carbocycles. The van der Waals surface area contributed by atoms with E-state index in [-0.39, 0.29) is 18.4 Å². The van der Waals surface area contributed by atoms with Crippen molar-refractivity contribution >= 4 is 5.91 Å². The van der Waals surface area contributed by atoms with E-state index in [1.165, 1.54) is 0 Å². The van der Waals surface area contributed by atoms with Crippen LogP contribution in [0.4, 0.5) is 13.2 Å². The third-order valence-electron chi connectivity index (χ3n) is 2.88. The van der Waals surface area contributed by atoms with E-state index in [1.54, 1.807) is 6.92 Å². The van der Waals surface area contributed by atoms with Gasteiger partial charge in [0.15, 0.2) is 0 Å². The molecule has 1 heterocycles. The SMILES string of the molecule is CCCC(=O)N(CC(F)(F)F)C1CCNCC1. The van der Waals surface area contributed by atoms with Crippen molar-refractivity contribution < 1.29 is 18.0 Å². The van der Waals surface area contributed by atoms with Gasteiger partial charge in [-0.05, 0) is 32.4 Å². The molecule has 0 aromatic carbocycles. The van der Waals surface area contributed by atoms with E-state index < -0.39 is 12.7 Å². The molecule has 0 unspecified atom stereocenters. The van der Waals surface area contributed by atoms with Crippen LogP contribution in [0.15, 0.2) is 0 Å². The lowest BCUT2D eigenvalue weighted by Gasteiger charge is -2.35. The molecule has 1 fully saturated rings. The van der Waals surface area contributed by atoms with Gasteiger partial charge in [-0.25, -0.2) is 0 Å². The monoisotopic (exact) mass is 252 g/mol. The van der Waals surface area contributed by atoms with E-state index in [1.807, 2.05) is 0 Å². The van der Waals surface area contributed by atoms with E-state index in [9.17, 15) is 18.0 Å². The summed E-state index contributed by atoms with van der Waals surface area (Å²) in [5, 5.41) is 3.08. The van der Waals surface area contributed by atoms with Gasteiger partial charge in [0.05, 0.1) is 0 Å². The van der Waals surface area contributed by atoms with Crippen LogP contribution < -0.4 is 5.32 Å². The molecule has 1 saturated heterocycles. The van der Waals surface area contributed by atoms with Gasteiger partial charge in [-0.3, -0.25) is 4.79 Å². The fourth-order valence-electron chi connectivity index (χ4n) is 2.09. The Morgan fingerprint density at radius 3 is 2.41 bits per heavy atom. The number of carbonyl (C=O) groups is 1. The van der Waals surface area contributed by atoms with Gasteiger partial charge >= 0.3 is 6.18 Å². The number of carbonyl (C=O) groups excluding carboxylic acids is 1. The number of nitrogens with one attached hydrogen (secondary N) is 1. The van der Waals surface area contributed by atoms with Crippen LogP contribution in [-0.2, 0) is 4.79 Å². The van der Waals surface area contributed by atoms with Crippen molar-refractivity contribution in [1.82, 2.24) is 10.2 Å². The minimum Gasteiger partial charge on any atom is -0.331 e. The zero-order valence-electron chi connectivity index (χ0n) is 10.0. The van der Waals surface area contributed by atoms with Crippen molar-refractivity contribution in [3.8, 4) is 0 Å². The second-order valence-corrected chi connectivity index (χ2v) is 4.37. The summed E-state index contributed by atoms with van der Waals surface area (Å²) in [4.78, 5) is 12.7. The van der Waals surface area contributed by atoms with Crippen LogP contribution in [0, 0.1) is 0 Å². The van der Waals surface area contributed by atoms with Crippen LogP contribution in [0.5, 0.6) is 0 Å². The first kappa shape index (κ1) is 14.3. The lowest BCUT2D eigenvalue weighted by atomic mass is 10.0. The number of amides is 1. The summed E-state index contributed by atoms with van der Waals surface area (Å²) in [7, 11) is 0. The summed E-state index contributed by atoms with van der Waals surface area (Å²) in [6, 6.07) is -0.267. The zero-order valence-corrected chi connectivity index (χ0v) is 10.0. The summed E-state index contributed by atoms with van der Waals surface area (Å²) in [6.07, 6.45) is -2.33. The van der Waals surface area contributed by atoms with E-state index in [0.717, 1.165) is 4.90 Å². The van der Waals surface area contributed by atoms with E-state index >= 15 is 0 Å². The molecule has 3 nitrogen and oxygen atoms in total. The van der Waals surface area contributed by atoms with Crippen molar-refractivity contribution in [3.05, 3.63) is 0 Å². The predicted octanol–water partition coefficient (Wildman–Crippen LogP) is 1.93. The summed E-state index contributed by atoms with van der Waals surface area (Å²) >= 11 is 0. The highest BCUT2D eigenvalue weighted by molar-refractivity contribution is 5.76. The lowest BCUT2D eigenvalue weighted by Crippen LogP contribution is -2.49. The maximum absolute atomic E-state index is 12.5. The van der Waals surface area contributed by atoms with Gasteiger partial charge in [-0.1, -0.05) is 6.92 Å². The molecule has 0 spiro atoms. The van der Waals surface area contributed by atoms with Gasteiger partial charge in [0.1, 0.15) is 6.54 Å². The van der Waals surface area contributed by atoms with Crippen molar-refractivity contribution in [2.45, 2.75) is 44.8 Å². The molecule has 0 radical (unpaired) electrons. The number of rotatable bonds is 4. The summed E-state index contributed by atoms with van der Waals surface area (Å²) in [5.41, 5.74) is 0. The molecule has 0 aromatic heterocycles. The van der Waals surface area contributed by atoms with Gasteiger partial charge in [-0.2, -0.15) is 13.2 Å². The smallest absolute Gasteiger partial charge is 0.331 e. The highest BCUT2D eigenvalue weighted by atomic mass is 19.4. The zero-order chi connectivity index (χ0) is 12.9. The minimum atomic E-state index is -4.31. The topological polar surface area (TPSA) is 32.3 Å². The van der Waals surface area contributed by atoms with Crippen LogP contribution in [-0.4, -0.2) is 42.7 Å². The first-order chi connectivity index (χ1) is 7.94. The molecule has 0 saturated carbocycles. The van der Waals surface area contributed by atoms with Gasteiger partial charge < -0.3 is 10.2 Å². The van der Waals surface area contributed by atoms with Crippen molar-refractivity contribution in [2.75, 3.05) is 19.6 Å². The van der Waals surface area contributed by atoms with Crippen LogP contribution in [0.25, 0.3) is 0 Å². The van der Waals surface area contributed by atoms with Crippen molar-refractivity contribution in [1.29, 1.82) is 0 Å². The van der Waals surface area contributed by atoms with Crippen LogP contribution in [0.1, 0.15) is 32.6 Å². The molecule has 0 atom stereocenters. The Kier molecular flexibility index (Phi) is 5.24. The molecule has 1 rings (SSSR count). The number of alkyl halides is 3. The van der Waals surface area contributed by atoms with E-state index in [2.05, 4.69) is 5.32 Å². The maximum atomic E-state index is 12.5. The van der Waals surface area contributed by atoms with E-state index in [4.69, 9.17) is 0 Å². The molecule has 1 aliphatic rings. The van der Waals surface area contributed by atoms with Gasteiger partial charge in [0.2, 0.25) is 5.91 Å².